The molecule has 1 aliphatic heterocycles. The monoisotopic (exact) mass is 223 g/mol. The average molecular weight is 223 g/mol. The Balaban J connectivity index is 1.87. The highest BCUT2D eigenvalue weighted by Crippen LogP contribution is 2.21. The van der Waals surface area contributed by atoms with Crippen LogP contribution in [0.1, 0.15) is 42.9 Å². The van der Waals surface area contributed by atoms with Gasteiger partial charge in [-0.15, -0.1) is 0 Å². The van der Waals surface area contributed by atoms with Gasteiger partial charge in [-0.2, -0.15) is 0 Å². The molecule has 90 valence electrons. The molecule has 1 aromatic rings. The molecule has 1 saturated heterocycles. The third-order valence-corrected chi connectivity index (χ3v) is 3.22. The van der Waals surface area contributed by atoms with Gasteiger partial charge < -0.3 is 14.5 Å². The molecule has 0 spiro atoms. The molecule has 0 radical (unpaired) electrons. The third-order valence-electron chi connectivity index (χ3n) is 3.22. The summed E-state index contributed by atoms with van der Waals surface area (Å²) in [5, 5.41) is 3.51. The van der Waals surface area contributed by atoms with Crippen LogP contribution in [0.15, 0.2) is 10.5 Å². The predicted octanol–water partition coefficient (Wildman–Crippen LogP) is 2.73. The summed E-state index contributed by atoms with van der Waals surface area (Å²) in [6.45, 7) is 8.04. The lowest BCUT2D eigenvalue weighted by molar-refractivity contribution is 0.108. The first-order chi connectivity index (χ1) is 7.66. The lowest BCUT2D eigenvalue weighted by atomic mass is 10.1. The van der Waals surface area contributed by atoms with Crippen LogP contribution < -0.4 is 5.32 Å². The van der Waals surface area contributed by atoms with Crippen molar-refractivity contribution in [2.24, 2.45) is 0 Å². The molecule has 0 aromatic carbocycles. The second-order valence-electron chi connectivity index (χ2n) is 4.63. The maximum Gasteiger partial charge on any atom is 0.105 e. The van der Waals surface area contributed by atoms with Crippen LogP contribution in [0, 0.1) is 13.8 Å². The first kappa shape index (κ1) is 11.7. The van der Waals surface area contributed by atoms with Crippen molar-refractivity contribution in [3.05, 3.63) is 23.2 Å². The molecule has 0 aliphatic carbocycles. The highest BCUT2D eigenvalue weighted by Gasteiger charge is 2.18. The van der Waals surface area contributed by atoms with Crippen molar-refractivity contribution in [3.63, 3.8) is 0 Å². The van der Waals surface area contributed by atoms with Crippen LogP contribution in [0.5, 0.6) is 0 Å². The molecule has 1 aromatic heterocycles. The van der Waals surface area contributed by atoms with Crippen LogP contribution in [0.4, 0.5) is 0 Å². The minimum absolute atomic E-state index is 0.335. The van der Waals surface area contributed by atoms with Crippen molar-refractivity contribution in [1.29, 1.82) is 0 Å². The van der Waals surface area contributed by atoms with Crippen LogP contribution in [-0.2, 0) is 4.74 Å². The number of hydrogen-bond donors (Lipinski definition) is 1. The maximum atomic E-state index is 5.59. The minimum Gasteiger partial charge on any atom is -0.466 e. The van der Waals surface area contributed by atoms with E-state index in [0.717, 1.165) is 24.7 Å². The fourth-order valence-corrected chi connectivity index (χ4v) is 2.30. The third kappa shape index (κ3) is 2.66. The molecule has 2 rings (SSSR count). The Kier molecular flexibility index (Phi) is 3.66. The SMILES string of the molecule is Cc1cc(C(C)NCC2CCCO2)c(C)o1. The second kappa shape index (κ2) is 5.02. The quantitative estimate of drug-likeness (QED) is 0.852. The van der Waals surface area contributed by atoms with Crippen molar-refractivity contribution in [2.45, 2.75) is 45.8 Å². The Hall–Kier alpha value is -0.800. The van der Waals surface area contributed by atoms with E-state index in [0.29, 0.717) is 12.1 Å². The number of rotatable bonds is 4. The molecule has 1 N–H and O–H groups in total. The van der Waals surface area contributed by atoms with Gasteiger partial charge in [0.15, 0.2) is 0 Å². The molecule has 2 atom stereocenters. The number of furan rings is 1. The highest BCUT2D eigenvalue weighted by molar-refractivity contribution is 5.23. The van der Waals surface area contributed by atoms with Gasteiger partial charge in [0, 0.05) is 24.8 Å². The van der Waals surface area contributed by atoms with Gasteiger partial charge in [-0.05, 0) is 39.7 Å². The van der Waals surface area contributed by atoms with Crippen molar-refractivity contribution < 1.29 is 9.15 Å². The van der Waals surface area contributed by atoms with Crippen LogP contribution >= 0.6 is 0 Å². The van der Waals surface area contributed by atoms with Gasteiger partial charge in [0.1, 0.15) is 11.5 Å². The van der Waals surface area contributed by atoms with Gasteiger partial charge in [0.05, 0.1) is 6.10 Å². The van der Waals surface area contributed by atoms with Crippen molar-refractivity contribution in [1.82, 2.24) is 5.32 Å². The van der Waals surface area contributed by atoms with Gasteiger partial charge in [0.2, 0.25) is 0 Å². The fourth-order valence-electron chi connectivity index (χ4n) is 2.30. The van der Waals surface area contributed by atoms with Crippen LogP contribution in [0.25, 0.3) is 0 Å². The Labute approximate surface area is 97.2 Å². The summed E-state index contributed by atoms with van der Waals surface area (Å²) >= 11 is 0. The molecular weight excluding hydrogens is 202 g/mol. The zero-order valence-electron chi connectivity index (χ0n) is 10.4. The van der Waals surface area contributed by atoms with E-state index in [1.807, 2.05) is 13.8 Å². The summed E-state index contributed by atoms with van der Waals surface area (Å²) in [5.74, 6) is 2.00. The first-order valence-corrected chi connectivity index (χ1v) is 6.08. The number of aryl methyl sites for hydroxylation is 2. The number of hydrogen-bond acceptors (Lipinski definition) is 3. The van der Waals surface area contributed by atoms with Crippen LogP contribution in [-0.4, -0.2) is 19.3 Å². The molecule has 3 heteroatoms. The predicted molar refractivity (Wildman–Crippen MR) is 63.6 cm³/mol. The summed E-state index contributed by atoms with van der Waals surface area (Å²) in [6, 6.07) is 2.45. The normalized spacial score (nSPS) is 22.6. The number of ether oxygens (including phenoxy) is 1. The van der Waals surface area contributed by atoms with Gasteiger partial charge in [0.25, 0.3) is 0 Å². The van der Waals surface area contributed by atoms with Crippen molar-refractivity contribution >= 4 is 0 Å². The van der Waals surface area contributed by atoms with Gasteiger partial charge >= 0.3 is 0 Å². The zero-order chi connectivity index (χ0) is 11.5. The van der Waals surface area contributed by atoms with E-state index >= 15 is 0 Å². The van der Waals surface area contributed by atoms with Crippen molar-refractivity contribution in [3.8, 4) is 0 Å². The summed E-state index contributed by atoms with van der Waals surface area (Å²) in [6.07, 6.45) is 2.78. The van der Waals surface area contributed by atoms with E-state index in [-0.39, 0.29) is 0 Å². The lowest BCUT2D eigenvalue weighted by Gasteiger charge is -2.16. The van der Waals surface area contributed by atoms with E-state index in [1.54, 1.807) is 0 Å². The zero-order valence-corrected chi connectivity index (χ0v) is 10.4. The molecule has 1 aliphatic rings. The summed E-state index contributed by atoms with van der Waals surface area (Å²) in [7, 11) is 0. The Bertz CT molecular complexity index is 340. The molecular formula is C13H21NO2. The lowest BCUT2D eigenvalue weighted by Crippen LogP contribution is -2.28. The standard InChI is InChI=1S/C13H21NO2/c1-9-7-13(11(3)16-9)10(2)14-8-12-5-4-6-15-12/h7,10,12,14H,4-6,8H2,1-3H3. The van der Waals surface area contributed by atoms with E-state index in [1.165, 1.54) is 18.4 Å². The Morgan fingerprint density at radius 3 is 2.88 bits per heavy atom. The van der Waals surface area contributed by atoms with Gasteiger partial charge in [-0.1, -0.05) is 0 Å². The minimum atomic E-state index is 0.335. The maximum absolute atomic E-state index is 5.59. The first-order valence-electron chi connectivity index (χ1n) is 6.08. The Morgan fingerprint density at radius 1 is 1.50 bits per heavy atom. The summed E-state index contributed by atoms with van der Waals surface area (Å²) in [4.78, 5) is 0. The smallest absolute Gasteiger partial charge is 0.105 e. The molecule has 1 fully saturated rings. The summed E-state index contributed by atoms with van der Waals surface area (Å²) in [5.41, 5.74) is 1.26. The van der Waals surface area contributed by atoms with E-state index in [4.69, 9.17) is 9.15 Å². The molecule has 3 nitrogen and oxygen atoms in total. The van der Waals surface area contributed by atoms with E-state index < -0.39 is 0 Å². The molecule has 2 unspecified atom stereocenters. The molecule has 2 heterocycles. The van der Waals surface area contributed by atoms with Crippen molar-refractivity contribution in [2.75, 3.05) is 13.2 Å². The highest BCUT2D eigenvalue weighted by atomic mass is 16.5. The van der Waals surface area contributed by atoms with Crippen LogP contribution in [0.2, 0.25) is 0 Å². The van der Waals surface area contributed by atoms with E-state index in [9.17, 15) is 0 Å². The average Bonchev–Trinajstić information content (AvgIpc) is 2.84. The van der Waals surface area contributed by atoms with Gasteiger partial charge in [-0.3, -0.25) is 0 Å². The van der Waals surface area contributed by atoms with E-state index in [2.05, 4.69) is 18.3 Å². The molecule has 0 saturated carbocycles. The Morgan fingerprint density at radius 2 is 2.31 bits per heavy atom. The topological polar surface area (TPSA) is 34.4 Å². The molecule has 0 bridgehead atoms. The largest absolute Gasteiger partial charge is 0.466 e. The molecule has 16 heavy (non-hydrogen) atoms. The number of nitrogens with one attached hydrogen (secondary N) is 1. The fraction of sp³-hybridized carbons (Fsp3) is 0.692. The summed E-state index contributed by atoms with van der Waals surface area (Å²) < 4.78 is 11.1. The molecule has 0 amide bonds. The second-order valence-corrected chi connectivity index (χ2v) is 4.63. The van der Waals surface area contributed by atoms with Gasteiger partial charge in [-0.25, -0.2) is 0 Å². The van der Waals surface area contributed by atoms with Crippen LogP contribution in [0.3, 0.4) is 0 Å².